The zero-order chi connectivity index (χ0) is 15.6. The first-order chi connectivity index (χ1) is 11.3. The summed E-state index contributed by atoms with van der Waals surface area (Å²) in [7, 11) is 0. The van der Waals surface area contributed by atoms with Gasteiger partial charge in [0.05, 0.1) is 5.39 Å². The van der Waals surface area contributed by atoms with Crippen molar-refractivity contribution in [3.05, 3.63) is 41.7 Å². The van der Waals surface area contributed by atoms with E-state index in [1.807, 2.05) is 25.1 Å². The third-order valence-electron chi connectivity index (χ3n) is 4.29. The highest BCUT2D eigenvalue weighted by molar-refractivity contribution is 7.16. The Morgan fingerprint density at radius 1 is 1.30 bits per heavy atom. The Balaban J connectivity index is 1.42. The topological polar surface area (TPSA) is 53.9 Å². The number of fused-ring (bicyclic) bond motifs is 1. The lowest BCUT2D eigenvalue weighted by Gasteiger charge is -2.18. The van der Waals surface area contributed by atoms with Crippen LogP contribution in [-0.4, -0.2) is 34.6 Å². The Labute approximate surface area is 139 Å². The Hall–Kier alpha value is -2.21. The van der Waals surface area contributed by atoms with E-state index in [9.17, 15) is 0 Å². The molecule has 0 bridgehead atoms. The molecule has 6 heteroatoms. The molecule has 0 radical (unpaired) electrons. The standard InChI is InChI=1S/C17H19N5S/c1-12-3-2-4-15(21-12)18-9-13-5-7-22(10-13)16-14-6-8-23-17(14)20-11-19-16/h2-4,6,8,11,13H,5,7,9-10H2,1H3,(H,18,21). The minimum absolute atomic E-state index is 0.612. The van der Waals surface area contributed by atoms with Gasteiger partial charge in [-0.05, 0) is 42.8 Å². The van der Waals surface area contributed by atoms with E-state index in [0.717, 1.165) is 41.8 Å². The Bertz CT molecular complexity index is 815. The first kappa shape index (κ1) is 14.4. The van der Waals surface area contributed by atoms with E-state index in [4.69, 9.17) is 0 Å². The van der Waals surface area contributed by atoms with Crippen LogP contribution < -0.4 is 10.2 Å². The number of thiophene rings is 1. The van der Waals surface area contributed by atoms with Gasteiger partial charge in [-0.25, -0.2) is 15.0 Å². The van der Waals surface area contributed by atoms with Crippen molar-refractivity contribution in [2.24, 2.45) is 5.92 Å². The molecule has 1 N–H and O–H groups in total. The second-order valence-electron chi connectivity index (χ2n) is 5.98. The second-order valence-corrected chi connectivity index (χ2v) is 6.88. The third-order valence-corrected chi connectivity index (χ3v) is 5.11. The monoisotopic (exact) mass is 325 g/mol. The van der Waals surface area contributed by atoms with E-state index < -0.39 is 0 Å². The van der Waals surface area contributed by atoms with Crippen LogP contribution in [-0.2, 0) is 0 Å². The fraction of sp³-hybridized carbons (Fsp3) is 0.353. The van der Waals surface area contributed by atoms with Crippen molar-refractivity contribution in [2.45, 2.75) is 13.3 Å². The van der Waals surface area contributed by atoms with Gasteiger partial charge in [-0.2, -0.15) is 0 Å². The van der Waals surface area contributed by atoms with Crippen molar-refractivity contribution in [3.63, 3.8) is 0 Å². The van der Waals surface area contributed by atoms with Gasteiger partial charge in [-0.15, -0.1) is 11.3 Å². The molecular weight excluding hydrogens is 306 g/mol. The summed E-state index contributed by atoms with van der Waals surface area (Å²) in [5.74, 6) is 2.65. The van der Waals surface area contributed by atoms with Crippen molar-refractivity contribution < 1.29 is 0 Å². The van der Waals surface area contributed by atoms with Crippen LogP contribution in [0.1, 0.15) is 12.1 Å². The van der Waals surface area contributed by atoms with E-state index >= 15 is 0 Å². The molecule has 1 fully saturated rings. The van der Waals surface area contributed by atoms with Gasteiger partial charge < -0.3 is 10.2 Å². The fourth-order valence-corrected chi connectivity index (χ4v) is 3.84. The van der Waals surface area contributed by atoms with Crippen LogP contribution in [0.4, 0.5) is 11.6 Å². The molecule has 0 aromatic carbocycles. The zero-order valence-electron chi connectivity index (χ0n) is 13.1. The first-order valence-corrected chi connectivity index (χ1v) is 8.78. The number of hydrogen-bond acceptors (Lipinski definition) is 6. The molecule has 1 atom stereocenters. The van der Waals surface area contributed by atoms with Crippen LogP contribution in [0.25, 0.3) is 10.2 Å². The van der Waals surface area contributed by atoms with Crippen LogP contribution >= 0.6 is 11.3 Å². The van der Waals surface area contributed by atoms with Crippen LogP contribution in [0.5, 0.6) is 0 Å². The summed E-state index contributed by atoms with van der Waals surface area (Å²) in [5, 5.41) is 6.72. The quantitative estimate of drug-likeness (QED) is 0.797. The molecule has 1 aliphatic heterocycles. The molecular formula is C17H19N5S. The van der Waals surface area contributed by atoms with E-state index in [2.05, 4.69) is 36.6 Å². The number of nitrogens with zero attached hydrogens (tertiary/aromatic N) is 4. The van der Waals surface area contributed by atoms with Crippen molar-refractivity contribution in [1.82, 2.24) is 15.0 Å². The Morgan fingerprint density at radius 3 is 3.17 bits per heavy atom. The molecule has 1 unspecified atom stereocenters. The smallest absolute Gasteiger partial charge is 0.140 e. The highest BCUT2D eigenvalue weighted by Crippen LogP contribution is 2.30. The predicted octanol–water partition coefficient (Wildman–Crippen LogP) is 3.33. The van der Waals surface area contributed by atoms with Gasteiger partial charge >= 0.3 is 0 Å². The number of pyridine rings is 1. The number of rotatable bonds is 4. The summed E-state index contributed by atoms with van der Waals surface area (Å²) in [6.07, 6.45) is 2.85. The lowest BCUT2D eigenvalue weighted by molar-refractivity contribution is 0.621. The largest absolute Gasteiger partial charge is 0.370 e. The Morgan fingerprint density at radius 2 is 2.26 bits per heavy atom. The minimum atomic E-state index is 0.612. The molecule has 1 saturated heterocycles. The molecule has 4 rings (SSSR count). The van der Waals surface area contributed by atoms with Crippen LogP contribution in [0, 0.1) is 12.8 Å². The summed E-state index contributed by atoms with van der Waals surface area (Å²) in [6, 6.07) is 8.21. The lowest BCUT2D eigenvalue weighted by atomic mass is 10.1. The van der Waals surface area contributed by atoms with Gasteiger partial charge in [0.25, 0.3) is 0 Å². The summed E-state index contributed by atoms with van der Waals surface area (Å²) in [6.45, 7) is 5.05. The molecule has 1 aliphatic rings. The van der Waals surface area contributed by atoms with E-state index in [-0.39, 0.29) is 0 Å². The number of aryl methyl sites for hydroxylation is 1. The molecule has 23 heavy (non-hydrogen) atoms. The summed E-state index contributed by atoms with van der Waals surface area (Å²) < 4.78 is 0. The molecule has 0 aliphatic carbocycles. The van der Waals surface area contributed by atoms with Gasteiger partial charge in [0.1, 0.15) is 22.8 Å². The average molecular weight is 325 g/mol. The maximum absolute atomic E-state index is 4.51. The number of nitrogens with one attached hydrogen (secondary N) is 1. The van der Waals surface area contributed by atoms with Crippen LogP contribution in [0.15, 0.2) is 36.0 Å². The van der Waals surface area contributed by atoms with E-state index in [1.54, 1.807) is 17.7 Å². The van der Waals surface area contributed by atoms with Crippen LogP contribution in [0.3, 0.4) is 0 Å². The molecule has 118 valence electrons. The number of aromatic nitrogens is 3. The molecule has 0 amide bonds. The van der Waals surface area contributed by atoms with Gasteiger partial charge in [-0.3, -0.25) is 0 Å². The third kappa shape index (κ3) is 2.99. The highest BCUT2D eigenvalue weighted by Gasteiger charge is 2.25. The lowest BCUT2D eigenvalue weighted by Crippen LogP contribution is -2.23. The van der Waals surface area contributed by atoms with Gasteiger partial charge in [0.15, 0.2) is 0 Å². The molecule has 3 aromatic heterocycles. The zero-order valence-corrected chi connectivity index (χ0v) is 13.9. The maximum Gasteiger partial charge on any atom is 0.140 e. The highest BCUT2D eigenvalue weighted by atomic mass is 32.1. The van der Waals surface area contributed by atoms with Crippen molar-refractivity contribution >= 4 is 33.2 Å². The van der Waals surface area contributed by atoms with E-state index in [1.165, 1.54) is 11.8 Å². The predicted molar refractivity (Wildman–Crippen MR) is 95.2 cm³/mol. The Kier molecular flexibility index (Phi) is 3.83. The molecule has 0 saturated carbocycles. The second kappa shape index (κ2) is 6.12. The summed E-state index contributed by atoms with van der Waals surface area (Å²) in [4.78, 5) is 16.8. The number of anilines is 2. The summed E-state index contributed by atoms with van der Waals surface area (Å²) >= 11 is 1.67. The van der Waals surface area contributed by atoms with Gasteiger partial charge in [0, 0.05) is 25.3 Å². The number of hydrogen-bond donors (Lipinski definition) is 1. The fourth-order valence-electron chi connectivity index (χ4n) is 3.11. The molecule has 5 nitrogen and oxygen atoms in total. The van der Waals surface area contributed by atoms with Gasteiger partial charge in [-0.1, -0.05) is 6.07 Å². The van der Waals surface area contributed by atoms with Crippen molar-refractivity contribution in [2.75, 3.05) is 29.9 Å². The first-order valence-electron chi connectivity index (χ1n) is 7.90. The SMILES string of the molecule is Cc1cccc(NCC2CCN(c3ncnc4sccc34)C2)n1. The van der Waals surface area contributed by atoms with Crippen LogP contribution in [0.2, 0.25) is 0 Å². The van der Waals surface area contributed by atoms with Crippen molar-refractivity contribution in [1.29, 1.82) is 0 Å². The molecule has 3 aromatic rings. The molecule has 0 spiro atoms. The minimum Gasteiger partial charge on any atom is -0.370 e. The van der Waals surface area contributed by atoms with Crippen molar-refractivity contribution in [3.8, 4) is 0 Å². The average Bonchev–Trinajstić information content (AvgIpc) is 3.22. The van der Waals surface area contributed by atoms with Gasteiger partial charge in [0.2, 0.25) is 0 Å². The maximum atomic E-state index is 4.51. The normalized spacial score (nSPS) is 17.8. The van der Waals surface area contributed by atoms with E-state index in [0.29, 0.717) is 5.92 Å². The molecule has 4 heterocycles. The summed E-state index contributed by atoms with van der Waals surface area (Å²) in [5.41, 5.74) is 1.05.